The summed E-state index contributed by atoms with van der Waals surface area (Å²) in [5, 5.41) is 2.59. The minimum absolute atomic E-state index is 0. The summed E-state index contributed by atoms with van der Waals surface area (Å²) in [5.74, 6) is 0. The van der Waals surface area contributed by atoms with Gasteiger partial charge in [-0.05, 0) is 76.0 Å². The van der Waals surface area contributed by atoms with Crippen LogP contribution in [0.25, 0.3) is 0 Å². The Labute approximate surface area is 290 Å². The van der Waals surface area contributed by atoms with Crippen LogP contribution in [0, 0.1) is 0 Å². The molecule has 0 N–H and O–H groups in total. The van der Waals surface area contributed by atoms with Crippen molar-refractivity contribution in [3.8, 4) is 0 Å². The van der Waals surface area contributed by atoms with Crippen LogP contribution in [0.15, 0.2) is 18.2 Å². The molecule has 7 heteroatoms. The smallest absolute Gasteiger partial charge is 0.0985 e. The molecule has 1 atom stereocenters. The average Bonchev–Trinajstić information content (AvgIpc) is 3.57. The predicted molar refractivity (Wildman–Crippen MR) is 203 cm³/mol. The van der Waals surface area contributed by atoms with Crippen molar-refractivity contribution in [2.24, 2.45) is 0 Å². The lowest BCUT2D eigenvalue weighted by Crippen LogP contribution is -2.32. The van der Waals surface area contributed by atoms with Gasteiger partial charge in [0.15, 0.2) is 0 Å². The van der Waals surface area contributed by atoms with Crippen LogP contribution in [-0.4, -0.2) is 72.0 Å². The Morgan fingerprint density at radius 2 is 1.24 bits per heavy atom. The molecule has 5 nitrogen and oxygen atoms in total. The normalized spacial score (nSPS) is 18.7. The predicted octanol–water partition coefficient (Wildman–Crippen LogP) is 8.90. The number of aromatic nitrogens is 2. The van der Waals surface area contributed by atoms with Gasteiger partial charge in [0.25, 0.3) is 0 Å². The summed E-state index contributed by atoms with van der Waals surface area (Å²) in [6, 6.07) is 7.72. The fourth-order valence-electron chi connectivity index (χ4n) is 5.93. The fraction of sp³-hybridized carbons (Fsp3) is 0.692. The Balaban J connectivity index is 0.000000186. The third-order valence-electron chi connectivity index (χ3n) is 9.12. The SMILES string of the molecule is C.CN(C)C1CCc2nc(C(C)(C)C)sc2C1.CN1CCc2ccc(C(C)(C)C)cc2C1.CN1CCc2nc(C(C)(C)C)sc2C1. The first-order chi connectivity index (χ1) is 20.8. The summed E-state index contributed by atoms with van der Waals surface area (Å²) in [6.45, 7) is 24.8. The van der Waals surface area contributed by atoms with Gasteiger partial charge in [-0.1, -0.05) is 87.9 Å². The van der Waals surface area contributed by atoms with Crippen molar-refractivity contribution in [3.05, 3.63) is 66.0 Å². The van der Waals surface area contributed by atoms with E-state index in [1.807, 2.05) is 22.7 Å². The van der Waals surface area contributed by atoms with Gasteiger partial charge >= 0.3 is 0 Å². The quantitative estimate of drug-likeness (QED) is 0.259. The van der Waals surface area contributed by atoms with E-state index in [0.29, 0.717) is 6.04 Å². The second kappa shape index (κ2) is 15.3. The van der Waals surface area contributed by atoms with Gasteiger partial charge in [-0.15, -0.1) is 22.7 Å². The van der Waals surface area contributed by atoms with Crippen molar-refractivity contribution >= 4 is 22.7 Å². The molecule has 6 rings (SSSR count). The van der Waals surface area contributed by atoms with Gasteiger partial charge in [-0.2, -0.15) is 0 Å². The van der Waals surface area contributed by atoms with Crippen LogP contribution < -0.4 is 0 Å². The fourth-order valence-corrected chi connectivity index (χ4v) is 8.41. The maximum atomic E-state index is 4.82. The van der Waals surface area contributed by atoms with Gasteiger partial charge in [-0.3, -0.25) is 0 Å². The van der Waals surface area contributed by atoms with Crippen molar-refractivity contribution in [3.63, 3.8) is 0 Å². The van der Waals surface area contributed by atoms with E-state index in [4.69, 9.17) is 9.97 Å². The standard InChI is InChI=1S/C14H21N.C13H22N2S.C11H18N2S.CH4/c1-14(2,3)13-6-5-11-7-8-15(4)10-12(11)9-13;1-13(2,3)12-14-10-7-6-9(15(4)5)8-11(10)16-12;1-11(2,3)10-12-8-5-6-13(4)7-9(8)14-10;/h5-6,9H,7-8,10H2,1-4H3;9H,6-8H2,1-5H3;5-7H2,1-4H3;1H4. The van der Waals surface area contributed by atoms with Crippen LogP contribution in [0.2, 0.25) is 0 Å². The van der Waals surface area contributed by atoms with Crippen molar-refractivity contribution < 1.29 is 0 Å². The molecule has 4 heterocycles. The highest BCUT2D eigenvalue weighted by molar-refractivity contribution is 7.12. The number of benzene rings is 1. The molecular formula is C39H65N5S2. The number of fused-ring (bicyclic) bond motifs is 3. The van der Waals surface area contributed by atoms with Gasteiger partial charge < -0.3 is 14.7 Å². The van der Waals surface area contributed by atoms with E-state index in [2.05, 4.69) is 123 Å². The molecule has 1 aliphatic carbocycles. The highest BCUT2D eigenvalue weighted by Gasteiger charge is 2.27. The molecule has 258 valence electrons. The van der Waals surface area contributed by atoms with Gasteiger partial charge in [0.05, 0.1) is 21.4 Å². The molecule has 2 aliphatic heterocycles. The molecule has 0 saturated heterocycles. The number of rotatable bonds is 1. The largest absolute Gasteiger partial charge is 0.306 e. The lowest BCUT2D eigenvalue weighted by Gasteiger charge is -2.27. The van der Waals surface area contributed by atoms with Gasteiger partial charge in [-0.25, -0.2) is 9.97 Å². The Hall–Kier alpha value is -1.64. The van der Waals surface area contributed by atoms with Gasteiger partial charge in [0.2, 0.25) is 0 Å². The Morgan fingerprint density at radius 3 is 1.80 bits per heavy atom. The van der Waals surface area contributed by atoms with E-state index in [9.17, 15) is 0 Å². The lowest BCUT2D eigenvalue weighted by atomic mass is 9.84. The first-order valence-corrected chi connectivity index (χ1v) is 18.6. The molecule has 0 radical (unpaired) electrons. The second-order valence-corrected chi connectivity index (χ2v) is 19.0. The van der Waals surface area contributed by atoms with Crippen LogP contribution in [0.5, 0.6) is 0 Å². The summed E-state index contributed by atoms with van der Waals surface area (Å²) in [4.78, 5) is 19.7. The summed E-state index contributed by atoms with van der Waals surface area (Å²) in [6.07, 6.45) is 5.93. The Morgan fingerprint density at radius 1 is 0.696 bits per heavy atom. The summed E-state index contributed by atoms with van der Waals surface area (Å²) in [5.41, 5.74) is 7.92. The molecule has 0 amide bonds. The van der Waals surface area contributed by atoms with E-state index >= 15 is 0 Å². The van der Waals surface area contributed by atoms with Crippen LogP contribution in [-0.2, 0) is 55.0 Å². The minimum Gasteiger partial charge on any atom is -0.306 e. The molecule has 0 bridgehead atoms. The van der Waals surface area contributed by atoms with Crippen LogP contribution in [0.1, 0.15) is 124 Å². The van der Waals surface area contributed by atoms with Crippen molar-refractivity contribution in [1.29, 1.82) is 0 Å². The Kier molecular flexibility index (Phi) is 12.9. The Bertz CT molecular complexity index is 1410. The summed E-state index contributed by atoms with van der Waals surface area (Å²) >= 11 is 3.82. The monoisotopic (exact) mass is 667 g/mol. The third-order valence-corrected chi connectivity index (χ3v) is 12.2. The zero-order chi connectivity index (χ0) is 33.3. The van der Waals surface area contributed by atoms with E-state index in [1.54, 1.807) is 5.56 Å². The molecule has 46 heavy (non-hydrogen) atoms. The van der Waals surface area contributed by atoms with Gasteiger partial charge in [0, 0.05) is 59.2 Å². The first-order valence-electron chi connectivity index (χ1n) is 16.9. The molecule has 0 saturated carbocycles. The summed E-state index contributed by atoms with van der Waals surface area (Å²) in [7, 11) is 8.74. The van der Waals surface area contributed by atoms with Crippen molar-refractivity contribution in [2.75, 3.05) is 41.3 Å². The number of likely N-dealkylation sites (N-methyl/N-ethyl adjacent to an activating group) is 3. The van der Waals surface area contributed by atoms with E-state index in [1.165, 1.54) is 68.1 Å². The molecule has 3 aliphatic rings. The number of nitrogens with zero attached hydrogens (tertiary/aromatic N) is 5. The number of aryl methyl sites for hydroxylation is 1. The third kappa shape index (κ3) is 10.2. The highest BCUT2D eigenvalue weighted by Crippen LogP contribution is 2.34. The zero-order valence-electron chi connectivity index (χ0n) is 30.7. The zero-order valence-corrected chi connectivity index (χ0v) is 32.4. The average molecular weight is 668 g/mol. The number of thiazole rings is 2. The van der Waals surface area contributed by atoms with Crippen molar-refractivity contribution in [2.45, 2.75) is 137 Å². The molecule has 1 unspecified atom stereocenters. The first kappa shape index (κ1) is 38.8. The summed E-state index contributed by atoms with van der Waals surface area (Å²) < 4.78 is 0. The molecule has 0 fully saturated rings. The molecular weight excluding hydrogens is 603 g/mol. The number of hydrogen-bond acceptors (Lipinski definition) is 7. The molecule has 0 spiro atoms. The van der Waals surface area contributed by atoms with E-state index in [0.717, 1.165) is 32.5 Å². The van der Waals surface area contributed by atoms with Gasteiger partial charge in [0.1, 0.15) is 0 Å². The maximum absolute atomic E-state index is 4.82. The topological polar surface area (TPSA) is 35.5 Å². The maximum Gasteiger partial charge on any atom is 0.0985 e. The highest BCUT2D eigenvalue weighted by atomic mass is 32.1. The minimum atomic E-state index is 0. The molecule has 2 aromatic heterocycles. The second-order valence-electron chi connectivity index (χ2n) is 16.8. The number of hydrogen-bond donors (Lipinski definition) is 0. The molecule has 3 aromatic rings. The lowest BCUT2D eigenvalue weighted by molar-refractivity contribution is 0.269. The van der Waals surface area contributed by atoms with Crippen LogP contribution in [0.4, 0.5) is 0 Å². The van der Waals surface area contributed by atoms with Crippen molar-refractivity contribution in [1.82, 2.24) is 24.7 Å². The van der Waals surface area contributed by atoms with Crippen LogP contribution in [0.3, 0.4) is 0 Å². The van der Waals surface area contributed by atoms with E-state index in [-0.39, 0.29) is 23.7 Å². The van der Waals surface area contributed by atoms with E-state index < -0.39 is 0 Å². The van der Waals surface area contributed by atoms with Crippen LogP contribution >= 0.6 is 22.7 Å². The molecule has 1 aromatic carbocycles.